The summed E-state index contributed by atoms with van der Waals surface area (Å²) in [6.07, 6.45) is 0. The molecule has 1 N–H and O–H groups in total. The highest BCUT2D eigenvalue weighted by Gasteiger charge is 2.18. The molecule has 4 heterocycles. The molecule has 2 aromatic carbocycles. The van der Waals surface area contributed by atoms with Crippen LogP contribution in [0.25, 0.3) is 16.9 Å². The van der Waals surface area contributed by atoms with Gasteiger partial charge < -0.3 is 24.4 Å². The lowest BCUT2D eigenvalue weighted by Crippen LogP contribution is -2.36. The number of pyridine rings is 1. The minimum Gasteiger partial charge on any atom is -0.486 e. The van der Waals surface area contributed by atoms with Gasteiger partial charge in [-0.3, -0.25) is 4.40 Å². The van der Waals surface area contributed by atoms with Crippen LogP contribution < -0.4 is 19.7 Å². The molecule has 0 aliphatic carbocycles. The molecule has 1 saturated heterocycles. The minimum atomic E-state index is 0.561. The third-order valence-electron chi connectivity index (χ3n) is 6.16. The molecule has 0 spiro atoms. The van der Waals surface area contributed by atoms with Crippen molar-refractivity contribution in [3.8, 4) is 22.8 Å². The summed E-state index contributed by atoms with van der Waals surface area (Å²) in [4.78, 5) is 7.34. The van der Waals surface area contributed by atoms with Gasteiger partial charge in [-0.1, -0.05) is 18.2 Å². The summed E-state index contributed by atoms with van der Waals surface area (Å²) in [7, 11) is 0. The van der Waals surface area contributed by atoms with Gasteiger partial charge >= 0.3 is 0 Å². The van der Waals surface area contributed by atoms with Crippen LogP contribution in [-0.4, -0.2) is 48.9 Å². The Hall–Kier alpha value is -3.71. The Morgan fingerprint density at radius 1 is 0.848 bits per heavy atom. The Bertz CT molecular complexity index is 1290. The summed E-state index contributed by atoms with van der Waals surface area (Å²) in [5, 5.41) is 3.60. The Balaban J connectivity index is 1.40. The average molecular weight is 443 g/mol. The molecule has 33 heavy (non-hydrogen) atoms. The number of aryl methyl sites for hydroxylation is 1. The lowest BCUT2D eigenvalue weighted by Gasteiger charge is -2.28. The Kier molecular flexibility index (Phi) is 5.03. The van der Waals surface area contributed by atoms with Gasteiger partial charge in [0.25, 0.3) is 0 Å². The van der Waals surface area contributed by atoms with Crippen molar-refractivity contribution in [3.63, 3.8) is 0 Å². The number of hydrogen-bond acceptors (Lipinski definition) is 6. The first-order valence-corrected chi connectivity index (χ1v) is 11.3. The van der Waals surface area contributed by atoms with E-state index in [-0.39, 0.29) is 0 Å². The van der Waals surface area contributed by atoms with Gasteiger partial charge in [-0.2, -0.15) is 0 Å². The fourth-order valence-corrected chi connectivity index (χ4v) is 4.48. The molecule has 0 saturated carbocycles. The van der Waals surface area contributed by atoms with E-state index in [1.54, 1.807) is 0 Å². The molecule has 0 unspecified atom stereocenters. The maximum absolute atomic E-state index is 5.78. The van der Waals surface area contributed by atoms with Crippen LogP contribution in [0.2, 0.25) is 0 Å². The fourth-order valence-electron chi connectivity index (χ4n) is 4.48. The van der Waals surface area contributed by atoms with Gasteiger partial charge in [0.2, 0.25) is 0 Å². The van der Waals surface area contributed by atoms with Crippen molar-refractivity contribution in [2.75, 3.05) is 49.7 Å². The lowest BCUT2D eigenvalue weighted by molar-refractivity contribution is 0.122. The van der Waals surface area contributed by atoms with Gasteiger partial charge in [-0.25, -0.2) is 4.98 Å². The van der Waals surface area contributed by atoms with Gasteiger partial charge in [0.05, 0.1) is 13.2 Å². The quantitative estimate of drug-likeness (QED) is 0.496. The highest BCUT2D eigenvalue weighted by molar-refractivity contribution is 5.81. The molecule has 6 rings (SSSR count). The maximum Gasteiger partial charge on any atom is 0.163 e. The molecule has 0 radical (unpaired) electrons. The first-order chi connectivity index (χ1) is 16.3. The van der Waals surface area contributed by atoms with E-state index in [2.05, 4.69) is 51.9 Å². The number of rotatable bonds is 4. The maximum atomic E-state index is 5.78. The van der Waals surface area contributed by atoms with Gasteiger partial charge in [0.15, 0.2) is 11.5 Å². The van der Waals surface area contributed by atoms with Gasteiger partial charge in [0.1, 0.15) is 30.4 Å². The highest BCUT2D eigenvalue weighted by atomic mass is 16.6. The Labute approximate surface area is 192 Å². The monoisotopic (exact) mass is 442 g/mol. The predicted octanol–water partition coefficient (Wildman–Crippen LogP) is 4.66. The van der Waals surface area contributed by atoms with E-state index in [9.17, 15) is 0 Å². The molecule has 0 amide bonds. The Morgan fingerprint density at radius 3 is 2.45 bits per heavy atom. The van der Waals surface area contributed by atoms with E-state index >= 15 is 0 Å². The molecule has 7 nitrogen and oxygen atoms in total. The van der Waals surface area contributed by atoms with Crippen molar-refractivity contribution < 1.29 is 14.2 Å². The van der Waals surface area contributed by atoms with E-state index in [4.69, 9.17) is 19.2 Å². The molecule has 2 aliphatic heterocycles. The normalized spacial score (nSPS) is 15.6. The van der Waals surface area contributed by atoms with Gasteiger partial charge in [-0.05, 0) is 43.3 Å². The number of imidazole rings is 1. The molecule has 0 bridgehead atoms. The summed E-state index contributed by atoms with van der Waals surface area (Å²) < 4.78 is 19.1. The summed E-state index contributed by atoms with van der Waals surface area (Å²) in [5.41, 5.74) is 6.13. The van der Waals surface area contributed by atoms with Crippen LogP contribution in [0.1, 0.15) is 5.69 Å². The fraction of sp³-hybridized carbons (Fsp3) is 0.269. The summed E-state index contributed by atoms with van der Waals surface area (Å²) in [5.74, 6) is 2.46. The average Bonchev–Trinajstić information content (AvgIpc) is 3.24. The largest absolute Gasteiger partial charge is 0.486 e. The topological polar surface area (TPSA) is 60.3 Å². The first kappa shape index (κ1) is 19.9. The van der Waals surface area contributed by atoms with Crippen LogP contribution >= 0.6 is 0 Å². The molecule has 1 fully saturated rings. The molecular formula is C26H26N4O3. The van der Waals surface area contributed by atoms with Crippen molar-refractivity contribution in [2.24, 2.45) is 0 Å². The molecule has 4 aromatic rings. The molecular weight excluding hydrogens is 416 g/mol. The third kappa shape index (κ3) is 3.74. The van der Waals surface area contributed by atoms with Crippen molar-refractivity contribution in [1.82, 2.24) is 9.38 Å². The van der Waals surface area contributed by atoms with E-state index in [0.29, 0.717) is 13.2 Å². The molecule has 0 atom stereocenters. The number of morpholine rings is 1. The summed E-state index contributed by atoms with van der Waals surface area (Å²) in [6, 6.07) is 20.8. The lowest BCUT2D eigenvalue weighted by atomic mass is 10.1. The number of hydrogen-bond donors (Lipinski definition) is 1. The Morgan fingerprint density at radius 2 is 1.64 bits per heavy atom. The van der Waals surface area contributed by atoms with Crippen LogP contribution in [0.3, 0.4) is 0 Å². The van der Waals surface area contributed by atoms with Crippen LogP contribution in [0, 0.1) is 6.92 Å². The molecule has 2 aromatic heterocycles. The van der Waals surface area contributed by atoms with Crippen LogP contribution in [0.15, 0.2) is 60.7 Å². The zero-order chi connectivity index (χ0) is 22.2. The minimum absolute atomic E-state index is 0.561. The SMILES string of the molecule is Cc1cccc2nc(-c3ccc(N4CCOCC4)cc3)c(Nc3ccc4c(c3)OCCO4)n12. The van der Waals surface area contributed by atoms with Gasteiger partial charge in [0, 0.05) is 41.8 Å². The second-order valence-electron chi connectivity index (χ2n) is 8.30. The first-order valence-electron chi connectivity index (χ1n) is 11.3. The number of aromatic nitrogens is 2. The number of nitrogens with zero attached hydrogens (tertiary/aromatic N) is 3. The van der Waals surface area contributed by atoms with Crippen molar-refractivity contribution in [1.29, 1.82) is 0 Å². The van der Waals surface area contributed by atoms with E-state index in [1.807, 2.05) is 30.3 Å². The van der Waals surface area contributed by atoms with E-state index in [1.165, 1.54) is 5.69 Å². The smallest absolute Gasteiger partial charge is 0.163 e. The second kappa shape index (κ2) is 8.33. The summed E-state index contributed by atoms with van der Waals surface area (Å²) in [6.45, 7) is 6.62. The standard InChI is InChI=1S/C26H26N4O3/c1-18-3-2-4-24-28-25(19-5-8-21(9-6-19)29-11-13-31-14-12-29)26(30(18)24)27-20-7-10-22-23(17-20)33-16-15-32-22/h2-10,17,27H,11-16H2,1H3. The number of benzene rings is 2. The predicted molar refractivity (Wildman–Crippen MR) is 129 cm³/mol. The third-order valence-corrected chi connectivity index (χ3v) is 6.16. The number of anilines is 3. The number of nitrogens with one attached hydrogen (secondary N) is 1. The van der Waals surface area contributed by atoms with Crippen LogP contribution in [0.5, 0.6) is 11.5 Å². The van der Waals surface area contributed by atoms with E-state index in [0.717, 1.165) is 71.9 Å². The van der Waals surface area contributed by atoms with Crippen LogP contribution in [0.4, 0.5) is 17.2 Å². The molecule has 7 heteroatoms. The zero-order valence-corrected chi connectivity index (χ0v) is 18.6. The second-order valence-corrected chi connectivity index (χ2v) is 8.30. The van der Waals surface area contributed by atoms with Gasteiger partial charge in [-0.15, -0.1) is 0 Å². The van der Waals surface area contributed by atoms with Crippen LogP contribution in [-0.2, 0) is 4.74 Å². The van der Waals surface area contributed by atoms with E-state index < -0.39 is 0 Å². The zero-order valence-electron chi connectivity index (χ0n) is 18.6. The number of fused-ring (bicyclic) bond motifs is 2. The molecule has 2 aliphatic rings. The number of ether oxygens (including phenoxy) is 3. The molecule has 168 valence electrons. The summed E-state index contributed by atoms with van der Waals surface area (Å²) >= 11 is 0. The van der Waals surface area contributed by atoms with Crippen molar-refractivity contribution >= 4 is 22.8 Å². The van der Waals surface area contributed by atoms with Crippen molar-refractivity contribution in [2.45, 2.75) is 6.92 Å². The highest BCUT2D eigenvalue weighted by Crippen LogP contribution is 2.37. The van der Waals surface area contributed by atoms with Crippen molar-refractivity contribution in [3.05, 3.63) is 66.4 Å².